The summed E-state index contributed by atoms with van der Waals surface area (Å²) >= 11 is 0. The number of hydrogen-bond acceptors (Lipinski definition) is 16. The molecule has 0 radical (unpaired) electrons. The number of carbonyl (C=O) groups is 7. The topological polar surface area (TPSA) is 329 Å². The number of carbonyl (C=O) groups excluding carboxylic acids is 5. The highest BCUT2D eigenvalue weighted by molar-refractivity contribution is 5.97. The van der Waals surface area contributed by atoms with E-state index in [4.69, 9.17) is 17.2 Å². The largest absolute Gasteiger partial charge is 0.481 e. The van der Waals surface area contributed by atoms with Crippen LogP contribution in [0.1, 0.15) is 120 Å². The molecule has 20 heteroatoms. The fourth-order valence-corrected chi connectivity index (χ4v) is 8.26. The summed E-state index contributed by atoms with van der Waals surface area (Å²) < 4.78 is 0. The van der Waals surface area contributed by atoms with Crippen molar-refractivity contribution in [3.8, 4) is 0 Å². The lowest BCUT2D eigenvalue weighted by molar-refractivity contribution is -0.145. The van der Waals surface area contributed by atoms with Gasteiger partial charge in [0.1, 0.15) is 23.4 Å². The minimum Gasteiger partial charge on any atom is -0.481 e. The molecule has 384 valence electrons. The number of ketones is 3. The van der Waals surface area contributed by atoms with Crippen LogP contribution in [0, 0.1) is 17.8 Å². The molecule has 0 saturated carbocycles. The van der Waals surface area contributed by atoms with Gasteiger partial charge < -0.3 is 48.3 Å². The number of aliphatic carboxylic acids is 2. The molecule has 0 aliphatic rings. The van der Waals surface area contributed by atoms with Crippen molar-refractivity contribution in [1.82, 2.24) is 35.9 Å². The first-order valence-electron chi connectivity index (χ1n) is 24.1. The summed E-state index contributed by atoms with van der Waals surface area (Å²) in [6, 6.07) is 14.0. The number of nitrogens with two attached hydrogens (primary N) is 3. The van der Waals surface area contributed by atoms with Gasteiger partial charge in [-0.05, 0) is 103 Å². The number of carboxylic acid groups (broad SMARTS) is 2. The number of Topliss-reactive ketones (excluding diaryl/α,β-unsaturated/α-hetero) is 3. The van der Waals surface area contributed by atoms with Crippen molar-refractivity contribution in [2.24, 2.45) is 23.5 Å². The number of benzene rings is 2. The molecule has 0 aliphatic heterocycles. The molecule has 5 unspecified atom stereocenters. The van der Waals surface area contributed by atoms with E-state index in [0.29, 0.717) is 62.8 Å². The average molecular weight is 982 g/mol. The smallest absolute Gasteiger partial charge is 0.326 e. The van der Waals surface area contributed by atoms with E-state index in [0.717, 1.165) is 11.3 Å². The van der Waals surface area contributed by atoms with Gasteiger partial charge in [-0.25, -0.2) is 14.8 Å². The molecule has 0 bridgehead atoms. The number of nitrogens with one attached hydrogen (secondary N) is 3. The Bertz CT molecular complexity index is 2450. The Morgan fingerprint density at radius 1 is 0.746 bits per heavy atom. The molecule has 0 fully saturated rings. The van der Waals surface area contributed by atoms with Gasteiger partial charge in [0.2, 0.25) is 11.9 Å². The van der Waals surface area contributed by atoms with Crippen LogP contribution < -0.4 is 38.1 Å². The van der Waals surface area contributed by atoms with E-state index in [1.54, 1.807) is 37.4 Å². The van der Waals surface area contributed by atoms with Crippen LogP contribution in [-0.4, -0.2) is 109 Å². The van der Waals surface area contributed by atoms with E-state index in [1.807, 2.05) is 63.1 Å². The molecule has 4 rings (SSSR count). The number of fused-ring (bicyclic) bond motifs is 1. The van der Waals surface area contributed by atoms with Gasteiger partial charge in [0.05, 0.1) is 30.4 Å². The van der Waals surface area contributed by atoms with Crippen molar-refractivity contribution in [2.45, 2.75) is 129 Å². The van der Waals surface area contributed by atoms with E-state index in [9.17, 15) is 43.8 Å². The van der Waals surface area contributed by atoms with Crippen molar-refractivity contribution in [3.63, 3.8) is 0 Å². The van der Waals surface area contributed by atoms with Crippen molar-refractivity contribution in [2.75, 3.05) is 36.5 Å². The van der Waals surface area contributed by atoms with Gasteiger partial charge >= 0.3 is 11.9 Å². The number of nitrogens with zero attached hydrogens (tertiary/aromatic N) is 5. The van der Waals surface area contributed by atoms with E-state index < -0.39 is 53.6 Å². The minimum absolute atomic E-state index is 0.000458. The Hall–Kier alpha value is -6.93. The molecule has 11 N–H and O–H groups in total. The zero-order chi connectivity index (χ0) is 52.3. The van der Waals surface area contributed by atoms with E-state index in [1.165, 1.54) is 0 Å². The summed E-state index contributed by atoms with van der Waals surface area (Å²) in [6.45, 7) is 8.55. The maximum absolute atomic E-state index is 14.0. The van der Waals surface area contributed by atoms with Crippen LogP contribution in [0.5, 0.6) is 0 Å². The number of unbranched alkanes of at least 4 members (excludes halogenated alkanes) is 2. The van der Waals surface area contributed by atoms with Gasteiger partial charge in [-0.2, -0.15) is 9.97 Å². The standard InChI is InChI=1S/C51H71N11O9/c1-31(61-51(2,3)4)40(63)28-36(25-32-13-7-6-8-14-32)42(65)26-34(15-9-11-23-52)41(64)27-35(48(68)69)16-10-12-24-55-43(66)22-21-39(49(70)71)58-47(67)33-17-19-38(20-18-33)62(5)30-37-29-56-46-44(57-37)45(53)59-50(54)60-46/h6-8,13-14,17-20,29,31,34-36,39,61H,9-12,15-16,21-28,30,52H2,1-5H3,(H,55,66)(H,58,67)(H,68,69)(H,70,71)(H4,53,54,56,59,60). The average Bonchev–Trinajstić information content (AvgIpc) is 3.31. The van der Waals surface area contributed by atoms with Crippen LogP contribution in [0.3, 0.4) is 0 Å². The number of hydrogen-bond donors (Lipinski definition) is 8. The summed E-state index contributed by atoms with van der Waals surface area (Å²) in [4.78, 5) is 110. The molecule has 2 aromatic heterocycles. The molecule has 0 aliphatic carbocycles. The third-order valence-electron chi connectivity index (χ3n) is 12.1. The van der Waals surface area contributed by atoms with Gasteiger partial charge in [0.25, 0.3) is 5.91 Å². The lowest BCUT2D eigenvalue weighted by atomic mass is 9.81. The summed E-state index contributed by atoms with van der Waals surface area (Å²) in [5.41, 5.74) is 20.0. The number of aromatic nitrogens is 4. The minimum atomic E-state index is -1.35. The van der Waals surface area contributed by atoms with Crippen LogP contribution in [0.2, 0.25) is 0 Å². The van der Waals surface area contributed by atoms with Crippen LogP contribution in [-0.2, 0) is 41.7 Å². The SMILES string of the molecule is CC(NC(C)(C)C)C(=O)CC(Cc1ccccc1)C(=O)CC(CCCCN)C(=O)CC(CCCCNC(=O)CCC(NC(=O)c1ccc(N(C)Cc2cnc3nc(N)nc(N)c3n2)cc1)C(=O)O)C(=O)O. The second kappa shape index (κ2) is 27.5. The van der Waals surface area contributed by atoms with E-state index >= 15 is 0 Å². The number of amides is 2. The molecule has 0 spiro atoms. The third-order valence-corrected chi connectivity index (χ3v) is 12.1. The van der Waals surface area contributed by atoms with Gasteiger partial charge in [0.15, 0.2) is 17.0 Å². The number of anilines is 3. The molecule has 2 aromatic carbocycles. The molecule has 0 saturated heterocycles. The summed E-state index contributed by atoms with van der Waals surface area (Å²) in [5.74, 6) is -6.51. The lowest BCUT2D eigenvalue weighted by Gasteiger charge is -2.27. The quantitative estimate of drug-likeness (QED) is 0.0323. The highest BCUT2D eigenvalue weighted by Gasteiger charge is 2.32. The molecular weight excluding hydrogens is 911 g/mol. The Morgan fingerprint density at radius 2 is 1.38 bits per heavy atom. The van der Waals surface area contributed by atoms with Crippen molar-refractivity contribution < 1.29 is 43.8 Å². The molecule has 71 heavy (non-hydrogen) atoms. The Kier molecular flexibility index (Phi) is 21.9. The molecule has 20 nitrogen and oxygen atoms in total. The van der Waals surface area contributed by atoms with Gasteiger partial charge in [-0.15, -0.1) is 0 Å². The van der Waals surface area contributed by atoms with Crippen molar-refractivity contribution >= 4 is 69.7 Å². The number of nitrogen functional groups attached to an aromatic ring is 2. The predicted molar refractivity (Wildman–Crippen MR) is 270 cm³/mol. The number of rotatable bonds is 31. The van der Waals surface area contributed by atoms with E-state index in [2.05, 4.69) is 35.9 Å². The zero-order valence-corrected chi connectivity index (χ0v) is 41.5. The Labute approximate surface area is 414 Å². The molecular formula is C51H71N11O9. The van der Waals surface area contributed by atoms with Crippen molar-refractivity contribution in [1.29, 1.82) is 0 Å². The second-order valence-corrected chi connectivity index (χ2v) is 19.2. The fraction of sp³-hybridized carbons (Fsp3) is 0.510. The predicted octanol–water partition coefficient (Wildman–Crippen LogP) is 4.43. The first-order valence-corrected chi connectivity index (χ1v) is 24.1. The third kappa shape index (κ3) is 19.1. The zero-order valence-electron chi connectivity index (χ0n) is 41.5. The first-order chi connectivity index (χ1) is 33.6. The summed E-state index contributed by atoms with van der Waals surface area (Å²) in [6.07, 6.45) is 3.58. The highest BCUT2D eigenvalue weighted by atomic mass is 16.4. The molecule has 2 amide bonds. The molecule has 4 aromatic rings. The first kappa shape index (κ1) is 56.7. The van der Waals surface area contributed by atoms with Crippen LogP contribution in [0.15, 0.2) is 60.8 Å². The van der Waals surface area contributed by atoms with Crippen LogP contribution in [0.4, 0.5) is 17.5 Å². The fourth-order valence-electron chi connectivity index (χ4n) is 8.26. The molecule has 2 heterocycles. The van der Waals surface area contributed by atoms with Crippen LogP contribution in [0.25, 0.3) is 11.2 Å². The lowest BCUT2D eigenvalue weighted by Crippen LogP contribution is -2.46. The van der Waals surface area contributed by atoms with Gasteiger partial charge in [0, 0.05) is 67.9 Å². The second-order valence-electron chi connectivity index (χ2n) is 19.2. The Balaban J connectivity index is 1.24. The highest BCUT2D eigenvalue weighted by Crippen LogP contribution is 2.26. The maximum atomic E-state index is 14.0. The maximum Gasteiger partial charge on any atom is 0.326 e. The monoisotopic (exact) mass is 982 g/mol. The summed E-state index contributed by atoms with van der Waals surface area (Å²) in [5, 5.41) is 28.4. The van der Waals surface area contributed by atoms with E-state index in [-0.39, 0.29) is 90.9 Å². The van der Waals surface area contributed by atoms with Gasteiger partial charge in [-0.1, -0.05) is 43.2 Å². The van der Waals surface area contributed by atoms with Gasteiger partial charge in [-0.3, -0.25) is 28.8 Å². The summed E-state index contributed by atoms with van der Waals surface area (Å²) in [7, 11) is 1.81. The Morgan fingerprint density at radius 3 is 2.03 bits per heavy atom. The van der Waals surface area contributed by atoms with Crippen LogP contribution >= 0.6 is 0 Å². The number of carboxylic acids is 2. The molecule has 5 atom stereocenters. The van der Waals surface area contributed by atoms with Crippen molar-refractivity contribution in [3.05, 3.63) is 77.6 Å². The normalized spacial score (nSPS) is 13.6.